The van der Waals surface area contributed by atoms with Crippen molar-refractivity contribution in [3.05, 3.63) is 65.2 Å². The second-order valence-electron chi connectivity index (χ2n) is 7.77. The number of hydrogen-bond donors (Lipinski definition) is 0. The number of ether oxygens (including phenoxy) is 1. The lowest BCUT2D eigenvalue weighted by Gasteiger charge is -2.35. The maximum absolute atomic E-state index is 12.8. The van der Waals surface area contributed by atoms with E-state index in [2.05, 4.69) is 38.1 Å². The number of methoxy groups -OCH3 is 1. The first kappa shape index (κ1) is 20.9. The van der Waals surface area contributed by atoms with E-state index in [0.29, 0.717) is 49.8 Å². The lowest BCUT2D eigenvalue weighted by Crippen LogP contribution is -2.50. The number of carbonyl (C=O) groups is 2. The molecular formula is C24H30N2O3. The molecule has 2 aromatic rings. The molecule has 0 aliphatic carbocycles. The minimum Gasteiger partial charge on any atom is -0.496 e. The Morgan fingerprint density at radius 1 is 0.931 bits per heavy atom. The smallest absolute Gasteiger partial charge is 0.257 e. The first-order valence-corrected chi connectivity index (χ1v) is 10.3. The van der Waals surface area contributed by atoms with Gasteiger partial charge in [0, 0.05) is 32.6 Å². The molecule has 2 amide bonds. The molecule has 1 saturated heterocycles. The van der Waals surface area contributed by atoms with Gasteiger partial charge >= 0.3 is 0 Å². The van der Waals surface area contributed by atoms with Gasteiger partial charge < -0.3 is 14.5 Å². The summed E-state index contributed by atoms with van der Waals surface area (Å²) in [6, 6.07) is 15.8. The monoisotopic (exact) mass is 394 g/mol. The van der Waals surface area contributed by atoms with Crippen LogP contribution in [0.2, 0.25) is 0 Å². The fraction of sp³-hybridized carbons (Fsp3) is 0.417. The summed E-state index contributed by atoms with van der Waals surface area (Å²) in [4.78, 5) is 29.0. The van der Waals surface area contributed by atoms with E-state index in [1.54, 1.807) is 24.1 Å². The molecule has 0 unspecified atom stereocenters. The van der Waals surface area contributed by atoms with E-state index >= 15 is 0 Å². The fourth-order valence-electron chi connectivity index (χ4n) is 3.63. The Kier molecular flexibility index (Phi) is 6.91. The summed E-state index contributed by atoms with van der Waals surface area (Å²) in [6.07, 6.45) is 1.25. The quantitative estimate of drug-likeness (QED) is 0.750. The first-order chi connectivity index (χ1) is 14.0. The molecule has 1 aliphatic rings. The Balaban J connectivity index is 1.49. The van der Waals surface area contributed by atoms with E-state index in [9.17, 15) is 9.59 Å². The van der Waals surface area contributed by atoms with Crippen LogP contribution in [0.1, 0.15) is 47.7 Å². The van der Waals surface area contributed by atoms with Crippen molar-refractivity contribution in [3.63, 3.8) is 0 Å². The molecule has 2 aromatic carbocycles. The number of benzene rings is 2. The Morgan fingerprint density at radius 2 is 1.55 bits per heavy atom. The number of hydrogen-bond acceptors (Lipinski definition) is 3. The van der Waals surface area contributed by atoms with Gasteiger partial charge in [0.2, 0.25) is 5.91 Å². The minimum absolute atomic E-state index is 0.0419. The van der Waals surface area contributed by atoms with Gasteiger partial charge in [-0.2, -0.15) is 0 Å². The lowest BCUT2D eigenvalue weighted by atomic mass is 10.00. The third-order valence-corrected chi connectivity index (χ3v) is 5.53. The van der Waals surface area contributed by atoms with Crippen LogP contribution in [0.25, 0.3) is 0 Å². The van der Waals surface area contributed by atoms with Crippen molar-refractivity contribution >= 4 is 11.8 Å². The fourth-order valence-corrected chi connectivity index (χ4v) is 3.63. The largest absolute Gasteiger partial charge is 0.496 e. The Morgan fingerprint density at radius 3 is 2.17 bits per heavy atom. The van der Waals surface area contributed by atoms with Gasteiger partial charge in [-0.3, -0.25) is 9.59 Å². The predicted molar refractivity (Wildman–Crippen MR) is 114 cm³/mol. The van der Waals surface area contributed by atoms with Gasteiger partial charge in [0.15, 0.2) is 0 Å². The van der Waals surface area contributed by atoms with Crippen LogP contribution in [0.4, 0.5) is 0 Å². The number of amides is 2. The first-order valence-electron chi connectivity index (χ1n) is 10.3. The highest BCUT2D eigenvalue weighted by atomic mass is 16.5. The maximum Gasteiger partial charge on any atom is 0.257 e. The number of piperazine rings is 1. The SMILES string of the molecule is COc1ccccc1C(=O)N1CCN(C(=O)CCc2ccc(C(C)C)cc2)CC1. The van der Waals surface area contributed by atoms with Crippen LogP contribution in [0.3, 0.4) is 0 Å². The van der Waals surface area contributed by atoms with Crippen molar-refractivity contribution in [1.29, 1.82) is 0 Å². The molecule has 0 N–H and O–H groups in total. The van der Waals surface area contributed by atoms with Gasteiger partial charge in [0.05, 0.1) is 12.7 Å². The number of rotatable bonds is 6. The number of para-hydroxylation sites is 1. The normalized spacial score (nSPS) is 14.2. The molecule has 0 spiro atoms. The van der Waals surface area contributed by atoms with E-state index in [1.165, 1.54) is 11.1 Å². The second-order valence-corrected chi connectivity index (χ2v) is 7.77. The number of aryl methyl sites for hydroxylation is 1. The standard InChI is InChI=1S/C24H30N2O3/c1-18(2)20-11-8-19(9-12-20)10-13-23(27)25-14-16-26(17-15-25)24(28)21-6-4-5-7-22(21)29-3/h4-9,11-12,18H,10,13-17H2,1-3H3. The molecule has 0 radical (unpaired) electrons. The van der Waals surface area contributed by atoms with Crippen molar-refractivity contribution in [1.82, 2.24) is 9.80 Å². The molecule has 5 nitrogen and oxygen atoms in total. The van der Waals surface area contributed by atoms with Gasteiger partial charge in [-0.15, -0.1) is 0 Å². The third kappa shape index (κ3) is 5.17. The Labute approximate surface area is 173 Å². The molecule has 0 aromatic heterocycles. The van der Waals surface area contributed by atoms with Gasteiger partial charge in [0.1, 0.15) is 5.75 Å². The van der Waals surface area contributed by atoms with Crippen LogP contribution in [-0.4, -0.2) is 54.9 Å². The molecule has 1 fully saturated rings. The summed E-state index contributed by atoms with van der Waals surface area (Å²) in [6.45, 7) is 6.60. The molecule has 0 saturated carbocycles. The summed E-state index contributed by atoms with van der Waals surface area (Å²) in [5.41, 5.74) is 3.07. The van der Waals surface area contributed by atoms with Crippen molar-refractivity contribution < 1.29 is 14.3 Å². The molecule has 5 heteroatoms. The average Bonchev–Trinajstić information content (AvgIpc) is 2.77. The molecule has 29 heavy (non-hydrogen) atoms. The van der Waals surface area contributed by atoms with Gasteiger partial charge in [-0.1, -0.05) is 50.2 Å². The van der Waals surface area contributed by atoms with Crippen LogP contribution in [0, 0.1) is 0 Å². The lowest BCUT2D eigenvalue weighted by molar-refractivity contribution is -0.132. The van der Waals surface area contributed by atoms with E-state index in [-0.39, 0.29) is 11.8 Å². The van der Waals surface area contributed by atoms with Crippen molar-refractivity contribution in [2.75, 3.05) is 33.3 Å². The van der Waals surface area contributed by atoms with Crippen LogP contribution in [0.15, 0.2) is 48.5 Å². The number of nitrogens with zero attached hydrogens (tertiary/aromatic N) is 2. The Bertz CT molecular complexity index is 837. The van der Waals surface area contributed by atoms with Gasteiger partial charge in [-0.25, -0.2) is 0 Å². The van der Waals surface area contributed by atoms with Crippen LogP contribution in [0.5, 0.6) is 5.75 Å². The summed E-state index contributed by atoms with van der Waals surface area (Å²) in [7, 11) is 1.57. The zero-order valence-electron chi connectivity index (χ0n) is 17.6. The van der Waals surface area contributed by atoms with Crippen LogP contribution in [-0.2, 0) is 11.2 Å². The maximum atomic E-state index is 12.8. The highest BCUT2D eigenvalue weighted by molar-refractivity contribution is 5.97. The van der Waals surface area contributed by atoms with Crippen LogP contribution >= 0.6 is 0 Å². The molecule has 1 aliphatic heterocycles. The van der Waals surface area contributed by atoms with Crippen molar-refractivity contribution in [2.24, 2.45) is 0 Å². The summed E-state index contributed by atoms with van der Waals surface area (Å²) in [5, 5.41) is 0. The average molecular weight is 395 g/mol. The van der Waals surface area contributed by atoms with Crippen molar-refractivity contribution in [3.8, 4) is 5.75 Å². The molecule has 0 bridgehead atoms. The summed E-state index contributed by atoms with van der Waals surface area (Å²) >= 11 is 0. The van der Waals surface area contributed by atoms with E-state index in [1.807, 2.05) is 17.0 Å². The highest BCUT2D eigenvalue weighted by Gasteiger charge is 2.26. The zero-order chi connectivity index (χ0) is 20.8. The number of carbonyl (C=O) groups excluding carboxylic acids is 2. The van der Waals surface area contributed by atoms with E-state index in [4.69, 9.17) is 4.74 Å². The second kappa shape index (κ2) is 9.59. The topological polar surface area (TPSA) is 49.9 Å². The molecule has 1 heterocycles. The summed E-state index contributed by atoms with van der Waals surface area (Å²) in [5.74, 6) is 1.21. The van der Waals surface area contributed by atoms with E-state index < -0.39 is 0 Å². The van der Waals surface area contributed by atoms with Gasteiger partial charge in [-0.05, 0) is 35.6 Å². The predicted octanol–water partition coefficient (Wildman–Crippen LogP) is 3.74. The minimum atomic E-state index is -0.0419. The highest BCUT2D eigenvalue weighted by Crippen LogP contribution is 2.20. The molecule has 0 atom stereocenters. The van der Waals surface area contributed by atoms with Gasteiger partial charge in [0.25, 0.3) is 5.91 Å². The van der Waals surface area contributed by atoms with E-state index in [0.717, 1.165) is 6.42 Å². The van der Waals surface area contributed by atoms with Crippen molar-refractivity contribution in [2.45, 2.75) is 32.6 Å². The third-order valence-electron chi connectivity index (χ3n) is 5.53. The van der Waals surface area contributed by atoms with Crippen LogP contribution < -0.4 is 4.74 Å². The zero-order valence-corrected chi connectivity index (χ0v) is 17.6. The molecule has 3 rings (SSSR count). The summed E-state index contributed by atoms with van der Waals surface area (Å²) < 4.78 is 5.30. The molecular weight excluding hydrogens is 364 g/mol. The molecule has 154 valence electrons. The Hall–Kier alpha value is -2.82.